The Bertz CT molecular complexity index is 1700. The molecule has 1 unspecified atom stereocenters. The molecule has 7 nitrogen and oxygen atoms in total. The number of amides is 2. The van der Waals surface area contributed by atoms with Gasteiger partial charge in [0.1, 0.15) is 0 Å². The zero-order chi connectivity index (χ0) is 30.8. The lowest BCUT2D eigenvalue weighted by Crippen LogP contribution is -2.56. The molecule has 0 radical (unpaired) electrons. The highest BCUT2D eigenvalue weighted by atomic mass is 32.1. The van der Waals surface area contributed by atoms with Gasteiger partial charge in [0.15, 0.2) is 0 Å². The first-order chi connectivity index (χ1) is 21.3. The highest BCUT2D eigenvalue weighted by molar-refractivity contribution is 7.12. The molecule has 44 heavy (non-hydrogen) atoms. The quantitative estimate of drug-likeness (QED) is 0.202. The molecule has 0 N–H and O–H groups in total. The number of carbonyl (C=O) groups is 2. The van der Waals surface area contributed by atoms with Crippen LogP contribution in [0.15, 0.2) is 96.5 Å². The lowest BCUT2D eigenvalue weighted by atomic mass is 9.89. The number of thiazole rings is 1. The summed E-state index contributed by atoms with van der Waals surface area (Å²) in [5, 5.41) is 7.42. The predicted octanol–water partition coefficient (Wildman–Crippen LogP) is 6.93. The molecule has 3 heterocycles. The molecule has 1 atom stereocenters. The molecule has 1 saturated heterocycles. The molecule has 0 saturated carbocycles. The molecule has 1 aliphatic heterocycles. The summed E-state index contributed by atoms with van der Waals surface area (Å²) in [4.78, 5) is 36.7. The summed E-state index contributed by atoms with van der Waals surface area (Å²) in [5.74, 6) is -0.334. The summed E-state index contributed by atoms with van der Waals surface area (Å²) in [6, 6.07) is 28.0. The van der Waals surface area contributed by atoms with Crippen molar-refractivity contribution in [3.63, 3.8) is 0 Å². The van der Waals surface area contributed by atoms with Gasteiger partial charge in [-0.1, -0.05) is 104 Å². The molecule has 0 bridgehead atoms. The third-order valence-corrected chi connectivity index (χ3v) is 9.13. The van der Waals surface area contributed by atoms with Gasteiger partial charge >= 0.3 is 0 Å². The van der Waals surface area contributed by atoms with Gasteiger partial charge in [-0.05, 0) is 30.9 Å². The van der Waals surface area contributed by atoms with E-state index in [4.69, 9.17) is 4.98 Å². The van der Waals surface area contributed by atoms with Crippen LogP contribution in [-0.4, -0.2) is 62.1 Å². The van der Waals surface area contributed by atoms with Crippen molar-refractivity contribution in [1.82, 2.24) is 24.6 Å². The van der Waals surface area contributed by atoms with Gasteiger partial charge in [0, 0.05) is 36.6 Å². The van der Waals surface area contributed by atoms with E-state index in [2.05, 4.69) is 50.1 Å². The van der Waals surface area contributed by atoms with Crippen LogP contribution in [0, 0.1) is 6.92 Å². The van der Waals surface area contributed by atoms with Crippen LogP contribution >= 0.6 is 11.3 Å². The van der Waals surface area contributed by atoms with Gasteiger partial charge in [0.2, 0.25) is 11.0 Å². The summed E-state index contributed by atoms with van der Waals surface area (Å²) in [6.45, 7) is 9.63. The van der Waals surface area contributed by atoms with Crippen molar-refractivity contribution in [3.8, 4) is 16.4 Å². The zero-order valence-corrected chi connectivity index (χ0v) is 26.4. The zero-order valence-electron chi connectivity index (χ0n) is 25.6. The van der Waals surface area contributed by atoms with Crippen LogP contribution in [0.3, 0.4) is 0 Å². The summed E-state index contributed by atoms with van der Waals surface area (Å²) < 4.78 is 1.81. The van der Waals surface area contributed by atoms with Crippen molar-refractivity contribution < 1.29 is 9.59 Å². The molecule has 1 aliphatic rings. The summed E-state index contributed by atoms with van der Waals surface area (Å²) in [6.07, 6.45) is 1.67. The second-order valence-corrected chi connectivity index (χ2v) is 12.6. The number of benzene rings is 3. The van der Waals surface area contributed by atoms with Gasteiger partial charge < -0.3 is 9.80 Å². The van der Waals surface area contributed by atoms with Crippen molar-refractivity contribution in [2.75, 3.05) is 19.6 Å². The third-order valence-electron chi connectivity index (χ3n) is 8.31. The summed E-state index contributed by atoms with van der Waals surface area (Å²) >= 11 is 1.52. The predicted molar refractivity (Wildman–Crippen MR) is 175 cm³/mol. The van der Waals surface area contributed by atoms with E-state index in [9.17, 15) is 9.59 Å². The van der Waals surface area contributed by atoms with Crippen LogP contribution < -0.4 is 0 Å². The molecule has 8 heteroatoms. The maximum atomic E-state index is 14.1. The Morgan fingerprint density at radius 3 is 2.11 bits per heavy atom. The van der Waals surface area contributed by atoms with Crippen molar-refractivity contribution in [2.24, 2.45) is 0 Å². The van der Waals surface area contributed by atoms with Gasteiger partial charge in [-0.2, -0.15) is 5.10 Å². The molecule has 6 rings (SSSR count). The number of hydrogen-bond donors (Lipinski definition) is 0. The average molecular weight is 604 g/mol. The molecule has 2 aromatic heterocycles. The molecular formula is C36H37N5O2S. The Morgan fingerprint density at radius 2 is 1.52 bits per heavy atom. The molecule has 0 aliphatic carbocycles. The van der Waals surface area contributed by atoms with E-state index in [1.807, 2.05) is 87.4 Å². The number of hydrogen-bond acceptors (Lipinski definition) is 5. The van der Waals surface area contributed by atoms with E-state index in [-0.39, 0.29) is 23.8 Å². The minimum Gasteiger partial charge on any atom is -0.336 e. The molecule has 5 aromatic rings. The van der Waals surface area contributed by atoms with E-state index >= 15 is 0 Å². The molecule has 2 amide bonds. The second kappa shape index (κ2) is 12.6. The number of rotatable bonds is 7. The van der Waals surface area contributed by atoms with Crippen molar-refractivity contribution in [3.05, 3.63) is 124 Å². The highest BCUT2D eigenvalue weighted by Crippen LogP contribution is 2.31. The smallest absolute Gasteiger partial charge is 0.257 e. The fraction of sp³-hybridized carbons (Fsp3) is 0.278. The summed E-state index contributed by atoms with van der Waals surface area (Å²) in [7, 11) is 0. The van der Waals surface area contributed by atoms with Gasteiger partial charge in [0.05, 0.1) is 29.1 Å². The van der Waals surface area contributed by atoms with E-state index in [1.54, 1.807) is 6.20 Å². The molecule has 0 spiro atoms. The molecule has 224 valence electrons. The standard InChI is InChI=1S/C36H37N5O2S/c1-24(2)33-30(21-37-41(33)36-38-31(23-44-36)27-17-15-25(3)16-18-27)34(42)39-19-20-40(26(4)22-39)35(43)32(28-11-7-5-8-12-28)29-13-9-6-10-14-29/h5-18,21,23-24,26,32H,19-20,22H2,1-4H3. The number of piperazine rings is 1. The van der Waals surface area contributed by atoms with Gasteiger partial charge in [-0.25, -0.2) is 9.67 Å². The highest BCUT2D eigenvalue weighted by Gasteiger charge is 2.36. The lowest BCUT2D eigenvalue weighted by molar-refractivity contribution is -0.135. The Balaban J connectivity index is 1.21. The Hall–Kier alpha value is -4.56. The number of nitrogens with zero attached hydrogens (tertiary/aromatic N) is 5. The Labute approximate surface area is 262 Å². The minimum atomic E-state index is -0.393. The van der Waals surface area contributed by atoms with E-state index < -0.39 is 5.92 Å². The fourth-order valence-electron chi connectivity index (χ4n) is 6.02. The van der Waals surface area contributed by atoms with Crippen LogP contribution in [0.25, 0.3) is 16.4 Å². The van der Waals surface area contributed by atoms with Crippen LogP contribution in [0.4, 0.5) is 0 Å². The maximum Gasteiger partial charge on any atom is 0.257 e. The number of aryl methyl sites for hydroxylation is 1. The van der Waals surface area contributed by atoms with Crippen LogP contribution in [0.1, 0.15) is 65.3 Å². The fourth-order valence-corrected chi connectivity index (χ4v) is 6.83. The molecule has 1 fully saturated rings. The minimum absolute atomic E-state index is 0.0565. The monoisotopic (exact) mass is 603 g/mol. The number of carbonyl (C=O) groups excluding carboxylic acids is 2. The Morgan fingerprint density at radius 1 is 0.886 bits per heavy atom. The van der Waals surface area contributed by atoms with Gasteiger partial charge in [-0.3, -0.25) is 9.59 Å². The third kappa shape index (κ3) is 5.82. The lowest BCUT2D eigenvalue weighted by Gasteiger charge is -2.41. The second-order valence-electron chi connectivity index (χ2n) is 11.8. The first-order valence-electron chi connectivity index (χ1n) is 15.1. The van der Waals surface area contributed by atoms with Crippen LogP contribution in [0.5, 0.6) is 0 Å². The van der Waals surface area contributed by atoms with Crippen molar-refractivity contribution >= 4 is 23.2 Å². The molecular weight excluding hydrogens is 566 g/mol. The molecule has 3 aromatic carbocycles. The first kappa shape index (κ1) is 29.5. The van der Waals surface area contributed by atoms with E-state index in [0.717, 1.165) is 33.2 Å². The summed E-state index contributed by atoms with van der Waals surface area (Å²) in [5.41, 5.74) is 6.52. The SMILES string of the molecule is Cc1ccc(-c2csc(-n3ncc(C(=O)N4CCN(C(=O)C(c5ccccc5)c5ccccc5)C(C)C4)c3C(C)C)n2)cc1. The average Bonchev–Trinajstić information content (AvgIpc) is 3.70. The van der Waals surface area contributed by atoms with Crippen molar-refractivity contribution in [2.45, 2.75) is 45.6 Å². The Kier molecular flexibility index (Phi) is 8.44. The first-order valence-corrected chi connectivity index (χ1v) is 16.0. The van der Waals surface area contributed by atoms with Gasteiger partial charge in [-0.15, -0.1) is 11.3 Å². The normalized spacial score (nSPS) is 15.3. The maximum absolute atomic E-state index is 14.1. The van der Waals surface area contributed by atoms with Crippen molar-refractivity contribution in [1.29, 1.82) is 0 Å². The van der Waals surface area contributed by atoms with Gasteiger partial charge in [0.25, 0.3) is 5.91 Å². The van der Waals surface area contributed by atoms with E-state index in [0.29, 0.717) is 25.2 Å². The van der Waals surface area contributed by atoms with E-state index in [1.165, 1.54) is 16.9 Å². The van der Waals surface area contributed by atoms with Crippen LogP contribution in [-0.2, 0) is 4.79 Å². The largest absolute Gasteiger partial charge is 0.336 e. The topological polar surface area (TPSA) is 71.3 Å². The number of aromatic nitrogens is 3. The van der Waals surface area contributed by atoms with Crippen LogP contribution in [0.2, 0.25) is 0 Å².